The zero-order valence-corrected chi connectivity index (χ0v) is 12.2. The molecular weight excluding hydrogens is 320 g/mol. The van der Waals surface area contributed by atoms with Crippen molar-refractivity contribution in [2.75, 3.05) is 0 Å². The van der Waals surface area contributed by atoms with Crippen molar-refractivity contribution in [3.8, 4) is 0 Å². The highest BCUT2D eigenvalue weighted by Gasteiger charge is 2.20. The number of ketones is 1. The van der Waals surface area contributed by atoms with E-state index < -0.39 is 0 Å². The molecule has 0 saturated heterocycles. The lowest BCUT2D eigenvalue weighted by Crippen LogP contribution is -2.17. The summed E-state index contributed by atoms with van der Waals surface area (Å²) in [5.74, 6) is 0.360. The van der Waals surface area contributed by atoms with Gasteiger partial charge in [0.2, 0.25) is 0 Å². The molecule has 0 aliphatic rings. The summed E-state index contributed by atoms with van der Waals surface area (Å²) in [5.41, 5.74) is 2.38. The molecule has 1 nitrogen and oxygen atoms in total. The van der Waals surface area contributed by atoms with Gasteiger partial charge in [-0.05, 0) is 31.0 Å². The van der Waals surface area contributed by atoms with Crippen LogP contribution in [0.1, 0.15) is 30.9 Å². The second-order valence-corrected chi connectivity index (χ2v) is 5.65. The number of rotatable bonds is 3. The van der Waals surface area contributed by atoms with E-state index in [1.165, 1.54) is 11.1 Å². The number of hydrogen-bond donors (Lipinski definition) is 0. The van der Waals surface area contributed by atoms with E-state index in [0.29, 0.717) is 0 Å². The number of Topliss-reactive ketones (excluding diaryl/α,β-unsaturated/α-hetero) is 1. The van der Waals surface area contributed by atoms with Gasteiger partial charge < -0.3 is 0 Å². The van der Waals surface area contributed by atoms with Gasteiger partial charge in [0.25, 0.3) is 0 Å². The van der Waals surface area contributed by atoms with Crippen LogP contribution in [-0.2, 0) is 4.79 Å². The van der Waals surface area contributed by atoms with Gasteiger partial charge in [0.05, 0.1) is 4.83 Å². The van der Waals surface area contributed by atoms with Crippen molar-refractivity contribution in [1.29, 1.82) is 0 Å². The maximum absolute atomic E-state index is 11.3. The molecule has 1 aromatic carbocycles. The van der Waals surface area contributed by atoms with Crippen LogP contribution in [0.25, 0.3) is 0 Å². The van der Waals surface area contributed by atoms with Crippen LogP contribution < -0.4 is 0 Å². The van der Waals surface area contributed by atoms with E-state index in [2.05, 4.69) is 63.9 Å². The standard InChI is InChI=1S/C12H14Br2O/c1-7-4-5-10(6-11(7)13)8(2)12(14)9(3)15/h4-6,8,12H,1-3H3. The average Bonchev–Trinajstić information content (AvgIpc) is 2.19. The van der Waals surface area contributed by atoms with Gasteiger partial charge in [-0.1, -0.05) is 50.9 Å². The van der Waals surface area contributed by atoms with Crippen molar-refractivity contribution in [2.45, 2.75) is 31.5 Å². The molecule has 1 rings (SSSR count). The number of benzene rings is 1. The highest BCUT2D eigenvalue weighted by molar-refractivity contribution is 9.10. The van der Waals surface area contributed by atoms with Crippen LogP contribution in [0.15, 0.2) is 22.7 Å². The molecule has 0 N–H and O–H groups in total. The Hall–Kier alpha value is -0.150. The maximum Gasteiger partial charge on any atom is 0.144 e. The van der Waals surface area contributed by atoms with Gasteiger partial charge in [0, 0.05) is 10.4 Å². The summed E-state index contributed by atoms with van der Waals surface area (Å²) in [7, 11) is 0. The van der Waals surface area contributed by atoms with E-state index in [1.54, 1.807) is 6.92 Å². The molecule has 1 aromatic rings. The number of alkyl halides is 1. The Bertz CT molecular complexity index is 374. The summed E-state index contributed by atoms with van der Waals surface area (Å²) in [5, 5.41) is 0. The summed E-state index contributed by atoms with van der Waals surface area (Å²) in [4.78, 5) is 11.1. The Balaban J connectivity index is 2.96. The molecule has 0 saturated carbocycles. The summed E-state index contributed by atoms with van der Waals surface area (Å²) in [6.07, 6.45) is 0. The van der Waals surface area contributed by atoms with Gasteiger partial charge in [-0.15, -0.1) is 0 Å². The first-order chi connectivity index (χ1) is 6.93. The number of halogens is 2. The van der Waals surface area contributed by atoms with E-state index in [1.807, 2.05) is 0 Å². The minimum atomic E-state index is -0.105. The van der Waals surface area contributed by atoms with E-state index in [9.17, 15) is 4.79 Å². The van der Waals surface area contributed by atoms with Crippen molar-refractivity contribution in [3.05, 3.63) is 33.8 Å². The minimum absolute atomic E-state index is 0.105. The van der Waals surface area contributed by atoms with E-state index in [4.69, 9.17) is 0 Å². The maximum atomic E-state index is 11.3. The molecule has 82 valence electrons. The first kappa shape index (κ1) is 12.9. The predicted octanol–water partition coefficient (Wildman–Crippen LogP) is 4.21. The van der Waals surface area contributed by atoms with Crippen molar-refractivity contribution in [3.63, 3.8) is 0 Å². The Kier molecular flexibility index (Phi) is 4.53. The molecule has 15 heavy (non-hydrogen) atoms. The third-order valence-electron chi connectivity index (χ3n) is 2.55. The molecule has 2 atom stereocenters. The van der Waals surface area contributed by atoms with Crippen LogP contribution in [0.2, 0.25) is 0 Å². The number of carbonyl (C=O) groups is 1. The van der Waals surface area contributed by atoms with Gasteiger partial charge in [0.15, 0.2) is 0 Å². The summed E-state index contributed by atoms with van der Waals surface area (Å²) >= 11 is 6.92. The van der Waals surface area contributed by atoms with Crippen molar-refractivity contribution in [2.24, 2.45) is 0 Å². The van der Waals surface area contributed by atoms with Crippen LogP contribution in [0.4, 0.5) is 0 Å². The Morgan fingerprint density at radius 3 is 2.47 bits per heavy atom. The Labute approximate surface area is 108 Å². The SMILES string of the molecule is CC(=O)C(Br)C(C)c1ccc(C)c(Br)c1. The summed E-state index contributed by atoms with van der Waals surface area (Å²) < 4.78 is 1.09. The predicted molar refractivity (Wildman–Crippen MR) is 70.7 cm³/mol. The van der Waals surface area contributed by atoms with E-state index in [0.717, 1.165) is 4.47 Å². The largest absolute Gasteiger partial charge is 0.299 e. The number of hydrogen-bond acceptors (Lipinski definition) is 1. The molecule has 0 aliphatic carbocycles. The van der Waals surface area contributed by atoms with Crippen molar-refractivity contribution in [1.82, 2.24) is 0 Å². The van der Waals surface area contributed by atoms with E-state index >= 15 is 0 Å². The second kappa shape index (κ2) is 5.26. The zero-order valence-electron chi connectivity index (χ0n) is 9.05. The smallest absolute Gasteiger partial charge is 0.144 e. The molecule has 0 radical (unpaired) electrons. The molecule has 0 aromatic heterocycles. The van der Waals surface area contributed by atoms with Crippen LogP contribution in [0, 0.1) is 6.92 Å². The molecule has 0 aliphatic heterocycles. The topological polar surface area (TPSA) is 17.1 Å². The molecule has 0 amide bonds. The van der Waals surface area contributed by atoms with Gasteiger partial charge in [-0.2, -0.15) is 0 Å². The molecule has 3 heteroatoms. The van der Waals surface area contributed by atoms with Gasteiger partial charge in [-0.25, -0.2) is 0 Å². The normalized spacial score (nSPS) is 14.7. The van der Waals surface area contributed by atoms with Crippen molar-refractivity contribution < 1.29 is 4.79 Å². The molecule has 0 spiro atoms. The molecule has 0 fully saturated rings. The lowest BCUT2D eigenvalue weighted by atomic mass is 9.95. The number of aryl methyl sites for hydroxylation is 1. The van der Waals surface area contributed by atoms with Crippen LogP contribution in [0.5, 0.6) is 0 Å². The fourth-order valence-corrected chi connectivity index (χ4v) is 2.12. The molecule has 0 heterocycles. The third kappa shape index (κ3) is 3.15. The van der Waals surface area contributed by atoms with Gasteiger partial charge in [-0.3, -0.25) is 4.79 Å². The first-order valence-corrected chi connectivity index (χ1v) is 6.55. The van der Waals surface area contributed by atoms with Crippen LogP contribution in [-0.4, -0.2) is 10.6 Å². The summed E-state index contributed by atoms with van der Waals surface area (Å²) in [6, 6.07) is 6.22. The monoisotopic (exact) mass is 332 g/mol. The van der Waals surface area contributed by atoms with Crippen LogP contribution in [0.3, 0.4) is 0 Å². The van der Waals surface area contributed by atoms with Crippen LogP contribution >= 0.6 is 31.9 Å². The molecule has 0 bridgehead atoms. The average molecular weight is 334 g/mol. The second-order valence-electron chi connectivity index (χ2n) is 3.81. The third-order valence-corrected chi connectivity index (χ3v) is 4.84. The van der Waals surface area contributed by atoms with E-state index in [-0.39, 0.29) is 16.5 Å². The lowest BCUT2D eigenvalue weighted by Gasteiger charge is -2.16. The Morgan fingerprint density at radius 1 is 1.40 bits per heavy atom. The fourth-order valence-electron chi connectivity index (χ4n) is 1.41. The Morgan fingerprint density at radius 2 is 2.00 bits per heavy atom. The fraction of sp³-hybridized carbons (Fsp3) is 0.417. The van der Waals surface area contributed by atoms with Crippen molar-refractivity contribution >= 4 is 37.6 Å². The quantitative estimate of drug-likeness (QED) is 0.757. The highest BCUT2D eigenvalue weighted by Crippen LogP contribution is 2.28. The first-order valence-electron chi connectivity index (χ1n) is 4.84. The highest BCUT2D eigenvalue weighted by atomic mass is 79.9. The molecular formula is C12H14Br2O. The summed E-state index contributed by atoms with van der Waals surface area (Å²) in [6.45, 7) is 5.71. The van der Waals surface area contributed by atoms with Gasteiger partial charge >= 0.3 is 0 Å². The molecule has 2 unspecified atom stereocenters. The minimum Gasteiger partial charge on any atom is -0.299 e. The lowest BCUT2D eigenvalue weighted by molar-refractivity contribution is -0.116. The zero-order chi connectivity index (χ0) is 11.6. The van der Waals surface area contributed by atoms with Gasteiger partial charge in [0.1, 0.15) is 5.78 Å². The number of carbonyl (C=O) groups excluding carboxylic acids is 1.